The minimum absolute atomic E-state index is 0.0990. The van der Waals surface area contributed by atoms with Gasteiger partial charge in [0.1, 0.15) is 5.82 Å². The van der Waals surface area contributed by atoms with E-state index >= 15 is 0 Å². The molecular formula is C12H18N6. The van der Waals surface area contributed by atoms with E-state index < -0.39 is 0 Å². The number of hydrogen-bond acceptors (Lipinski definition) is 5. The van der Waals surface area contributed by atoms with Crippen LogP contribution in [-0.4, -0.2) is 44.8 Å². The molecule has 1 fully saturated rings. The van der Waals surface area contributed by atoms with Crippen LogP contribution in [0.4, 0.5) is 5.82 Å². The van der Waals surface area contributed by atoms with Crippen molar-refractivity contribution in [3.63, 3.8) is 0 Å². The summed E-state index contributed by atoms with van der Waals surface area (Å²) in [6, 6.07) is 0. The van der Waals surface area contributed by atoms with E-state index in [1.165, 1.54) is 0 Å². The fourth-order valence-corrected chi connectivity index (χ4v) is 2.47. The van der Waals surface area contributed by atoms with Crippen molar-refractivity contribution in [2.24, 2.45) is 0 Å². The molecule has 0 radical (unpaired) electrons. The number of aryl methyl sites for hydroxylation is 1. The lowest BCUT2D eigenvalue weighted by molar-refractivity contribution is 0.352. The Labute approximate surface area is 106 Å². The first kappa shape index (κ1) is 11.4. The van der Waals surface area contributed by atoms with E-state index in [4.69, 9.17) is 0 Å². The third kappa shape index (κ3) is 1.82. The van der Waals surface area contributed by atoms with Crippen molar-refractivity contribution < 1.29 is 0 Å². The lowest BCUT2D eigenvalue weighted by Gasteiger charge is -2.39. The Balaban J connectivity index is 2.04. The van der Waals surface area contributed by atoms with Crippen LogP contribution in [0, 0.1) is 6.92 Å². The zero-order chi connectivity index (χ0) is 12.8. The maximum atomic E-state index is 4.48. The molecule has 1 aliphatic rings. The topological polar surface area (TPSA) is 58.4 Å². The summed E-state index contributed by atoms with van der Waals surface area (Å²) in [5.74, 6) is 1.82. The zero-order valence-corrected chi connectivity index (χ0v) is 11.0. The van der Waals surface area contributed by atoms with Gasteiger partial charge in [-0.25, -0.2) is 4.98 Å². The first-order chi connectivity index (χ1) is 8.57. The van der Waals surface area contributed by atoms with Crippen LogP contribution in [0.5, 0.6) is 0 Å². The third-order valence-corrected chi connectivity index (χ3v) is 3.35. The Bertz CT molecular complexity index is 573. The number of piperazine rings is 1. The molecule has 0 bridgehead atoms. The highest BCUT2D eigenvalue weighted by Gasteiger charge is 2.28. The Morgan fingerprint density at radius 3 is 2.94 bits per heavy atom. The third-order valence-electron chi connectivity index (χ3n) is 3.35. The average molecular weight is 246 g/mol. The van der Waals surface area contributed by atoms with Crippen molar-refractivity contribution in [2.75, 3.05) is 24.5 Å². The Kier molecular flexibility index (Phi) is 2.48. The van der Waals surface area contributed by atoms with Gasteiger partial charge in [0, 0.05) is 37.6 Å². The number of aromatic nitrogens is 4. The number of rotatable bonds is 1. The van der Waals surface area contributed by atoms with E-state index in [0.29, 0.717) is 0 Å². The first-order valence-electron chi connectivity index (χ1n) is 6.23. The van der Waals surface area contributed by atoms with Crippen LogP contribution >= 0.6 is 0 Å². The molecule has 0 saturated carbocycles. The number of anilines is 1. The summed E-state index contributed by atoms with van der Waals surface area (Å²) in [5.41, 5.74) is 0.939. The van der Waals surface area contributed by atoms with Crippen molar-refractivity contribution in [1.82, 2.24) is 24.9 Å². The summed E-state index contributed by atoms with van der Waals surface area (Å²) in [6.07, 6.45) is 3.72. The fourth-order valence-electron chi connectivity index (χ4n) is 2.47. The van der Waals surface area contributed by atoms with E-state index in [-0.39, 0.29) is 5.54 Å². The van der Waals surface area contributed by atoms with Crippen LogP contribution in [0.3, 0.4) is 0 Å². The summed E-state index contributed by atoms with van der Waals surface area (Å²) in [4.78, 5) is 6.76. The molecule has 0 amide bonds. The molecule has 0 aromatic carbocycles. The average Bonchev–Trinajstić information content (AvgIpc) is 2.70. The molecule has 0 atom stereocenters. The van der Waals surface area contributed by atoms with Gasteiger partial charge in [0.15, 0.2) is 5.82 Å². The van der Waals surface area contributed by atoms with Crippen LogP contribution in [0.15, 0.2) is 12.4 Å². The van der Waals surface area contributed by atoms with E-state index in [0.717, 1.165) is 36.9 Å². The summed E-state index contributed by atoms with van der Waals surface area (Å²) in [5, 5.41) is 11.8. The predicted octanol–water partition coefficient (Wildman–Crippen LogP) is 0.621. The number of nitrogens with one attached hydrogen (secondary N) is 1. The highest BCUT2D eigenvalue weighted by Crippen LogP contribution is 2.21. The van der Waals surface area contributed by atoms with Crippen molar-refractivity contribution in [2.45, 2.75) is 26.3 Å². The zero-order valence-electron chi connectivity index (χ0n) is 11.0. The Morgan fingerprint density at radius 1 is 1.33 bits per heavy atom. The maximum Gasteiger partial charge on any atom is 0.203 e. The molecule has 1 N–H and O–H groups in total. The molecule has 6 nitrogen and oxygen atoms in total. The van der Waals surface area contributed by atoms with Gasteiger partial charge in [-0.1, -0.05) is 0 Å². The molecule has 2 aromatic heterocycles. The van der Waals surface area contributed by atoms with Crippen LogP contribution in [0.25, 0.3) is 5.65 Å². The lowest BCUT2D eigenvalue weighted by atomic mass is 10.0. The highest BCUT2D eigenvalue weighted by atomic mass is 15.3. The van der Waals surface area contributed by atoms with Crippen LogP contribution in [-0.2, 0) is 0 Å². The van der Waals surface area contributed by atoms with Crippen molar-refractivity contribution >= 4 is 11.5 Å². The molecule has 96 valence electrons. The van der Waals surface area contributed by atoms with Gasteiger partial charge < -0.3 is 10.2 Å². The normalized spacial score (nSPS) is 19.4. The Morgan fingerprint density at radius 2 is 2.17 bits per heavy atom. The highest BCUT2D eigenvalue weighted by molar-refractivity contribution is 5.64. The van der Waals surface area contributed by atoms with Gasteiger partial charge in [0.05, 0.1) is 0 Å². The van der Waals surface area contributed by atoms with Gasteiger partial charge in [-0.2, -0.15) is 0 Å². The Hall–Kier alpha value is -1.69. The van der Waals surface area contributed by atoms with E-state index in [2.05, 4.69) is 39.2 Å². The van der Waals surface area contributed by atoms with Crippen LogP contribution < -0.4 is 10.2 Å². The number of hydrogen-bond donors (Lipinski definition) is 1. The monoisotopic (exact) mass is 246 g/mol. The van der Waals surface area contributed by atoms with E-state index in [1.54, 1.807) is 0 Å². The quantitative estimate of drug-likeness (QED) is 0.799. The summed E-state index contributed by atoms with van der Waals surface area (Å²) < 4.78 is 1.98. The molecule has 1 aliphatic heterocycles. The minimum Gasteiger partial charge on any atom is -0.350 e. The fraction of sp³-hybridized carbons (Fsp3) is 0.583. The van der Waals surface area contributed by atoms with Gasteiger partial charge >= 0.3 is 0 Å². The second-order valence-corrected chi connectivity index (χ2v) is 5.42. The predicted molar refractivity (Wildman–Crippen MR) is 69.8 cm³/mol. The van der Waals surface area contributed by atoms with Crippen LogP contribution in [0.1, 0.15) is 19.7 Å². The van der Waals surface area contributed by atoms with Gasteiger partial charge in [0.2, 0.25) is 5.65 Å². The van der Waals surface area contributed by atoms with Crippen molar-refractivity contribution in [3.8, 4) is 0 Å². The largest absolute Gasteiger partial charge is 0.350 e. The van der Waals surface area contributed by atoms with Crippen molar-refractivity contribution in [3.05, 3.63) is 18.2 Å². The summed E-state index contributed by atoms with van der Waals surface area (Å²) in [6.45, 7) is 9.19. The SMILES string of the molecule is Cc1nnc2c(N3CCNC(C)(C)C3)nccn12. The van der Waals surface area contributed by atoms with Crippen LogP contribution in [0.2, 0.25) is 0 Å². The molecule has 2 aromatic rings. The van der Waals surface area contributed by atoms with Gasteiger partial charge in [-0.15, -0.1) is 10.2 Å². The molecule has 3 rings (SSSR count). The molecular weight excluding hydrogens is 228 g/mol. The molecule has 0 spiro atoms. The molecule has 18 heavy (non-hydrogen) atoms. The summed E-state index contributed by atoms with van der Waals surface area (Å²) >= 11 is 0. The molecule has 3 heterocycles. The minimum atomic E-state index is 0.0990. The second kappa shape index (κ2) is 3.91. The summed E-state index contributed by atoms with van der Waals surface area (Å²) in [7, 11) is 0. The maximum absolute atomic E-state index is 4.48. The van der Waals surface area contributed by atoms with Crippen molar-refractivity contribution in [1.29, 1.82) is 0 Å². The molecule has 0 unspecified atom stereocenters. The first-order valence-corrected chi connectivity index (χ1v) is 6.23. The lowest BCUT2D eigenvalue weighted by Crippen LogP contribution is -2.57. The second-order valence-electron chi connectivity index (χ2n) is 5.42. The smallest absolute Gasteiger partial charge is 0.203 e. The molecule has 6 heteroatoms. The van der Waals surface area contributed by atoms with Gasteiger partial charge in [0.25, 0.3) is 0 Å². The van der Waals surface area contributed by atoms with Gasteiger partial charge in [-0.05, 0) is 20.8 Å². The van der Waals surface area contributed by atoms with E-state index in [9.17, 15) is 0 Å². The standard InChI is InChI=1S/C12H18N6/c1-9-15-16-11-10(13-4-7-18(9)11)17-6-5-14-12(2,3)8-17/h4,7,14H,5-6,8H2,1-3H3. The number of fused-ring (bicyclic) bond motifs is 1. The van der Waals surface area contributed by atoms with Gasteiger partial charge in [-0.3, -0.25) is 4.40 Å². The number of nitrogens with zero attached hydrogens (tertiary/aromatic N) is 5. The molecule has 1 saturated heterocycles. The molecule has 0 aliphatic carbocycles. The van der Waals surface area contributed by atoms with E-state index in [1.807, 2.05) is 23.7 Å².